The molecule has 1 rings (SSSR count). The molecule has 0 atom stereocenters. The number of nitriles is 1. The Morgan fingerprint density at radius 3 is 2.80 bits per heavy atom. The quantitative estimate of drug-likeness (QED) is 0.730. The third-order valence-corrected chi connectivity index (χ3v) is 1.71. The number of hydrogen-bond acceptors (Lipinski definition) is 3. The highest BCUT2D eigenvalue weighted by Gasteiger charge is 2.00. The highest BCUT2D eigenvalue weighted by molar-refractivity contribution is 5.76. The molecule has 78 valence electrons. The van der Waals surface area contributed by atoms with E-state index in [9.17, 15) is 4.79 Å². The molecule has 0 fully saturated rings. The predicted molar refractivity (Wildman–Crippen MR) is 55.2 cm³/mol. The molecule has 4 nitrogen and oxygen atoms in total. The zero-order chi connectivity index (χ0) is 10.9. The molecule has 0 aliphatic carbocycles. The van der Waals surface area contributed by atoms with Crippen molar-refractivity contribution in [3.63, 3.8) is 0 Å². The molecule has 0 aliphatic rings. The van der Waals surface area contributed by atoms with Gasteiger partial charge in [-0.15, -0.1) is 0 Å². The van der Waals surface area contributed by atoms with Gasteiger partial charge < -0.3 is 10.1 Å². The summed E-state index contributed by atoms with van der Waals surface area (Å²) in [5.74, 6) is 0.568. The van der Waals surface area contributed by atoms with E-state index in [1.165, 1.54) is 0 Å². The molecule has 0 aromatic heterocycles. The van der Waals surface area contributed by atoms with Crippen molar-refractivity contribution in [3.8, 4) is 11.8 Å². The second-order valence-corrected chi connectivity index (χ2v) is 2.85. The largest absolute Gasteiger partial charge is 0.493 e. The minimum atomic E-state index is -0.174. The van der Waals surface area contributed by atoms with Crippen LogP contribution in [0.5, 0.6) is 5.75 Å². The first kappa shape index (κ1) is 11.1. The second kappa shape index (κ2) is 6.44. The van der Waals surface area contributed by atoms with Crippen molar-refractivity contribution in [2.45, 2.75) is 6.42 Å². The number of hydrogen-bond donors (Lipinski definition) is 1. The molecular formula is C11H12N2O2. The Morgan fingerprint density at radius 1 is 1.40 bits per heavy atom. The smallest absolute Gasteiger partial charge is 0.224 e. The van der Waals surface area contributed by atoms with Crippen molar-refractivity contribution in [3.05, 3.63) is 30.3 Å². The average molecular weight is 204 g/mol. The summed E-state index contributed by atoms with van der Waals surface area (Å²) >= 11 is 0. The minimum absolute atomic E-state index is 0.0458. The molecule has 1 aromatic carbocycles. The first-order valence-electron chi connectivity index (χ1n) is 4.64. The first-order chi connectivity index (χ1) is 7.33. The van der Waals surface area contributed by atoms with Gasteiger partial charge >= 0.3 is 0 Å². The lowest BCUT2D eigenvalue weighted by atomic mass is 10.3. The third-order valence-electron chi connectivity index (χ3n) is 1.71. The van der Waals surface area contributed by atoms with Crippen LogP contribution in [0.1, 0.15) is 6.42 Å². The molecule has 1 aromatic rings. The summed E-state index contributed by atoms with van der Waals surface area (Å²) in [5, 5.41) is 10.7. The van der Waals surface area contributed by atoms with E-state index in [1.54, 1.807) is 0 Å². The molecule has 15 heavy (non-hydrogen) atoms. The Morgan fingerprint density at radius 2 is 2.13 bits per heavy atom. The van der Waals surface area contributed by atoms with E-state index in [-0.39, 0.29) is 18.9 Å². The zero-order valence-corrected chi connectivity index (χ0v) is 8.27. The molecule has 0 saturated heterocycles. The molecule has 0 heterocycles. The van der Waals surface area contributed by atoms with Gasteiger partial charge in [-0.25, -0.2) is 0 Å². The van der Waals surface area contributed by atoms with Gasteiger partial charge in [-0.2, -0.15) is 5.26 Å². The third kappa shape index (κ3) is 4.67. The number of ether oxygens (including phenoxy) is 1. The van der Waals surface area contributed by atoms with Crippen molar-refractivity contribution in [1.29, 1.82) is 5.26 Å². The fourth-order valence-corrected chi connectivity index (χ4v) is 1.00. The zero-order valence-electron chi connectivity index (χ0n) is 8.27. The van der Waals surface area contributed by atoms with Crippen LogP contribution in [0, 0.1) is 11.3 Å². The molecule has 0 unspecified atom stereocenters. The van der Waals surface area contributed by atoms with Crippen molar-refractivity contribution >= 4 is 5.91 Å². The Hall–Kier alpha value is -2.02. The fraction of sp³-hybridized carbons (Fsp3) is 0.273. The van der Waals surface area contributed by atoms with Crippen molar-refractivity contribution in [2.24, 2.45) is 0 Å². The lowest BCUT2D eigenvalue weighted by Gasteiger charge is -2.04. The molecular weight excluding hydrogens is 192 g/mol. The normalized spacial score (nSPS) is 9.00. The lowest BCUT2D eigenvalue weighted by Crippen LogP contribution is -2.25. The molecule has 1 N–H and O–H groups in total. The standard InChI is InChI=1S/C11H12N2O2/c12-7-8-13-11(14)6-9-15-10-4-2-1-3-5-10/h1-5H,6,8-9H2,(H,13,14). The molecule has 0 saturated carbocycles. The highest BCUT2D eigenvalue weighted by Crippen LogP contribution is 2.08. The number of nitrogens with one attached hydrogen (secondary N) is 1. The van der Waals surface area contributed by atoms with Gasteiger partial charge in [-0.3, -0.25) is 4.79 Å². The number of carbonyl (C=O) groups excluding carboxylic acids is 1. The Kier molecular flexibility index (Phi) is 4.74. The van der Waals surface area contributed by atoms with Crippen LogP contribution in [0.2, 0.25) is 0 Å². The summed E-state index contributed by atoms with van der Waals surface area (Å²) in [6.07, 6.45) is 0.260. The van der Waals surface area contributed by atoms with E-state index in [2.05, 4.69) is 5.32 Å². The van der Waals surface area contributed by atoms with Gasteiger partial charge in [0.05, 0.1) is 19.1 Å². The van der Waals surface area contributed by atoms with Gasteiger partial charge in [0.2, 0.25) is 5.91 Å². The molecule has 0 aliphatic heterocycles. The van der Waals surface area contributed by atoms with Gasteiger partial charge in [0, 0.05) is 0 Å². The van der Waals surface area contributed by atoms with Crippen LogP contribution in [0.4, 0.5) is 0 Å². The van der Waals surface area contributed by atoms with Gasteiger partial charge in [-0.1, -0.05) is 18.2 Å². The van der Waals surface area contributed by atoms with Crippen LogP contribution in [0.3, 0.4) is 0 Å². The topological polar surface area (TPSA) is 62.1 Å². The highest BCUT2D eigenvalue weighted by atomic mass is 16.5. The molecule has 1 amide bonds. The van der Waals surface area contributed by atoms with Crippen LogP contribution < -0.4 is 10.1 Å². The first-order valence-corrected chi connectivity index (χ1v) is 4.64. The van der Waals surface area contributed by atoms with Crippen molar-refractivity contribution in [2.75, 3.05) is 13.2 Å². The number of amides is 1. The summed E-state index contributed by atoms with van der Waals surface area (Å²) in [4.78, 5) is 11.0. The maximum atomic E-state index is 11.0. The van der Waals surface area contributed by atoms with E-state index in [0.717, 1.165) is 5.75 Å². The minimum Gasteiger partial charge on any atom is -0.493 e. The number of benzene rings is 1. The van der Waals surface area contributed by atoms with E-state index in [0.29, 0.717) is 6.61 Å². The molecule has 0 spiro atoms. The van der Waals surface area contributed by atoms with Crippen LogP contribution in [-0.4, -0.2) is 19.1 Å². The van der Waals surface area contributed by atoms with Crippen LogP contribution >= 0.6 is 0 Å². The summed E-state index contributed by atoms with van der Waals surface area (Å²) in [7, 11) is 0. The van der Waals surface area contributed by atoms with Crippen molar-refractivity contribution in [1.82, 2.24) is 5.32 Å². The number of carbonyl (C=O) groups is 1. The molecule has 4 heteroatoms. The lowest BCUT2D eigenvalue weighted by molar-refractivity contribution is -0.121. The van der Waals surface area contributed by atoms with Gasteiger partial charge in [0.15, 0.2) is 0 Å². The summed E-state index contributed by atoms with van der Waals surface area (Å²) < 4.78 is 5.31. The van der Waals surface area contributed by atoms with Crippen LogP contribution in [-0.2, 0) is 4.79 Å². The summed E-state index contributed by atoms with van der Waals surface area (Å²) in [6, 6.07) is 11.1. The molecule has 0 bridgehead atoms. The monoisotopic (exact) mass is 204 g/mol. The Labute approximate surface area is 88.5 Å². The SMILES string of the molecule is N#CCNC(=O)CCOc1ccccc1. The van der Waals surface area contributed by atoms with Gasteiger partial charge in [0.1, 0.15) is 12.3 Å². The maximum Gasteiger partial charge on any atom is 0.224 e. The average Bonchev–Trinajstić information content (AvgIpc) is 2.28. The van der Waals surface area contributed by atoms with E-state index in [1.807, 2.05) is 36.4 Å². The Bertz CT molecular complexity index is 343. The maximum absolute atomic E-state index is 11.0. The Balaban J connectivity index is 2.17. The van der Waals surface area contributed by atoms with Gasteiger partial charge in [-0.05, 0) is 12.1 Å². The predicted octanol–water partition coefficient (Wildman–Crippen LogP) is 1.10. The van der Waals surface area contributed by atoms with E-state index < -0.39 is 0 Å². The summed E-state index contributed by atoms with van der Waals surface area (Å²) in [6.45, 7) is 0.367. The summed E-state index contributed by atoms with van der Waals surface area (Å²) in [5.41, 5.74) is 0. The molecule has 0 radical (unpaired) electrons. The number of para-hydroxylation sites is 1. The number of nitrogens with zero attached hydrogens (tertiary/aromatic N) is 1. The second-order valence-electron chi connectivity index (χ2n) is 2.85. The number of rotatable bonds is 5. The fourth-order valence-electron chi connectivity index (χ4n) is 1.00. The van der Waals surface area contributed by atoms with E-state index in [4.69, 9.17) is 10.00 Å². The van der Waals surface area contributed by atoms with Crippen LogP contribution in [0.25, 0.3) is 0 Å². The van der Waals surface area contributed by atoms with Crippen LogP contribution in [0.15, 0.2) is 30.3 Å². The van der Waals surface area contributed by atoms with Crippen molar-refractivity contribution < 1.29 is 9.53 Å². The van der Waals surface area contributed by atoms with E-state index >= 15 is 0 Å². The van der Waals surface area contributed by atoms with Gasteiger partial charge in [0.25, 0.3) is 0 Å².